The number of nitrogens with zero attached hydrogens (tertiary/aromatic N) is 2. The Balaban J connectivity index is 1.18. The van der Waals surface area contributed by atoms with Gasteiger partial charge in [-0.25, -0.2) is 8.42 Å². The molecule has 4 aromatic rings. The summed E-state index contributed by atoms with van der Waals surface area (Å²) in [6.07, 6.45) is 3.10. The SMILES string of the molecule is O=C(C=Cc1ccccc1)NC(=S)Nc1ccc(S(=O)(=O)N2CCN(C(c3ccccc3)c3ccccc3)CC2)cc1. The van der Waals surface area contributed by atoms with Gasteiger partial charge in [0.15, 0.2) is 5.11 Å². The number of nitrogens with one attached hydrogen (secondary N) is 2. The summed E-state index contributed by atoms with van der Waals surface area (Å²) in [5, 5.41) is 5.65. The van der Waals surface area contributed by atoms with Crippen molar-refractivity contribution in [2.45, 2.75) is 10.9 Å². The number of carbonyl (C=O) groups is 1. The number of carbonyl (C=O) groups excluding carboxylic acids is 1. The molecule has 0 atom stereocenters. The van der Waals surface area contributed by atoms with E-state index in [-0.39, 0.29) is 22.0 Å². The van der Waals surface area contributed by atoms with Crippen molar-refractivity contribution in [3.63, 3.8) is 0 Å². The lowest BCUT2D eigenvalue weighted by molar-refractivity contribution is -0.115. The van der Waals surface area contributed by atoms with Crippen LogP contribution in [-0.2, 0) is 14.8 Å². The van der Waals surface area contributed by atoms with Gasteiger partial charge in [0.2, 0.25) is 15.9 Å². The van der Waals surface area contributed by atoms with Crippen molar-refractivity contribution in [2.75, 3.05) is 31.5 Å². The quantitative estimate of drug-likeness (QED) is 0.212. The van der Waals surface area contributed by atoms with Crippen molar-refractivity contribution in [1.29, 1.82) is 0 Å². The Morgan fingerprint density at radius 2 is 1.26 bits per heavy atom. The van der Waals surface area contributed by atoms with Crippen molar-refractivity contribution in [2.24, 2.45) is 0 Å². The molecular weight excluding hydrogens is 565 g/mol. The minimum absolute atomic E-state index is 0.0563. The molecule has 1 amide bonds. The number of amides is 1. The Labute approximate surface area is 252 Å². The van der Waals surface area contributed by atoms with E-state index in [1.54, 1.807) is 34.6 Å². The number of hydrogen-bond donors (Lipinski definition) is 2. The first-order valence-corrected chi connectivity index (χ1v) is 15.5. The smallest absolute Gasteiger partial charge is 0.250 e. The van der Waals surface area contributed by atoms with Crippen LogP contribution in [0.25, 0.3) is 6.08 Å². The summed E-state index contributed by atoms with van der Waals surface area (Å²) in [6.45, 7) is 2.01. The molecule has 0 spiro atoms. The van der Waals surface area contributed by atoms with Gasteiger partial charge < -0.3 is 5.32 Å². The fourth-order valence-electron chi connectivity index (χ4n) is 5.00. The van der Waals surface area contributed by atoms with E-state index < -0.39 is 10.0 Å². The van der Waals surface area contributed by atoms with Gasteiger partial charge in [-0.05, 0) is 59.2 Å². The van der Waals surface area contributed by atoms with Gasteiger partial charge in [0, 0.05) is 37.9 Å². The largest absolute Gasteiger partial charge is 0.332 e. The second kappa shape index (κ2) is 13.7. The van der Waals surface area contributed by atoms with Crippen LogP contribution in [0.4, 0.5) is 5.69 Å². The number of benzene rings is 4. The van der Waals surface area contributed by atoms with Crippen molar-refractivity contribution in [3.05, 3.63) is 138 Å². The molecule has 9 heteroatoms. The molecule has 0 radical (unpaired) electrons. The van der Waals surface area contributed by atoms with Gasteiger partial charge in [0.05, 0.1) is 10.9 Å². The molecule has 4 aromatic carbocycles. The van der Waals surface area contributed by atoms with Gasteiger partial charge in [0.1, 0.15) is 0 Å². The maximum Gasteiger partial charge on any atom is 0.250 e. The number of sulfonamides is 1. The first-order valence-electron chi connectivity index (χ1n) is 13.7. The third kappa shape index (κ3) is 7.37. The zero-order valence-corrected chi connectivity index (χ0v) is 24.6. The van der Waals surface area contributed by atoms with Crippen LogP contribution < -0.4 is 10.6 Å². The van der Waals surface area contributed by atoms with Crippen LogP contribution in [-0.4, -0.2) is 54.8 Å². The zero-order chi connectivity index (χ0) is 29.4. The number of hydrogen-bond acceptors (Lipinski definition) is 5. The monoisotopic (exact) mass is 596 g/mol. The molecule has 0 saturated carbocycles. The molecule has 5 rings (SSSR count). The third-order valence-corrected chi connectivity index (χ3v) is 9.20. The average Bonchev–Trinajstić information content (AvgIpc) is 3.02. The third-order valence-electron chi connectivity index (χ3n) is 7.08. The highest BCUT2D eigenvalue weighted by Gasteiger charge is 2.32. The Hall–Kier alpha value is -4.15. The van der Waals surface area contributed by atoms with Gasteiger partial charge in [-0.15, -0.1) is 0 Å². The maximum atomic E-state index is 13.5. The maximum absolute atomic E-state index is 13.5. The van der Waals surface area contributed by atoms with Crippen LogP contribution in [0.5, 0.6) is 0 Å². The molecular formula is C33H32N4O3S2. The van der Waals surface area contributed by atoms with E-state index in [1.807, 2.05) is 66.7 Å². The summed E-state index contributed by atoms with van der Waals surface area (Å²) < 4.78 is 28.5. The predicted molar refractivity (Wildman–Crippen MR) is 171 cm³/mol. The molecule has 214 valence electrons. The van der Waals surface area contributed by atoms with Gasteiger partial charge >= 0.3 is 0 Å². The van der Waals surface area contributed by atoms with Crippen LogP contribution in [0.15, 0.2) is 126 Å². The van der Waals surface area contributed by atoms with Gasteiger partial charge in [-0.2, -0.15) is 4.31 Å². The van der Waals surface area contributed by atoms with E-state index in [9.17, 15) is 13.2 Å². The highest BCUT2D eigenvalue weighted by atomic mass is 32.2. The molecule has 42 heavy (non-hydrogen) atoms. The molecule has 0 aromatic heterocycles. The highest BCUT2D eigenvalue weighted by molar-refractivity contribution is 7.89. The number of rotatable bonds is 8. The number of piperazine rings is 1. The van der Waals surface area contributed by atoms with E-state index >= 15 is 0 Å². The van der Waals surface area contributed by atoms with Crippen LogP contribution in [0.3, 0.4) is 0 Å². The van der Waals surface area contributed by atoms with E-state index in [2.05, 4.69) is 39.8 Å². The van der Waals surface area contributed by atoms with Gasteiger partial charge in [-0.3, -0.25) is 15.0 Å². The summed E-state index contributed by atoms with van der Waals surface area (Å²) >= 11 is 5.25. The first-order chi connectivity index (χ1) is 20.4. The van der Waals surface area contributed by atoms with E-state index in [0.29, 0.717) is 31.9 Å². The molecule has 2 N–H and O–H groups in total. The van der Waals surface area contributed by atoms with Crippen molar-refractivity contribution < 1.29 is 13.2 Å². The lowest BCUT2D eigenvalue weighted by atomic mass is 9.96. The molecule has 1 heterocycles. The molecule has 1 fully saturated rings. The minimum atomic E-state index is -3.67. The van der Waals surface area contributed by atoms with Crippen LogP contribution in [0.2, 0.25) is 0 Å². The van der Waals surface area contributed by atoms with E-state index in [4.69, 9.17) is 12.2 Å². The van der Waals surface area contributed by atoms with Gasteiger partial charge in [0.25, 0.3) is 0 Å². The molecule has 1 aliphatic heterocycles. The van der Waals surface area contributed by atoms with E-state index in [0.717, 1.165) is 5.56 Å². The van der Waals surface area contributed by atoms with Crippen molar-refractivity contribution in [3.8, 4) is 0 Å². The van der Waals surface area contributed by atoms with Crippen LogP contribution in [0.1, 0.15) is 22.7 Å². The van der Waals surface area contributed by atoms with Gasteiger partial charge in [-0.1, -0.05) is 91.0 Å². The second-order valence-electron chi connectivity index (χ2n) is 9.88. The summed E-state index contributed by atoms with van der Waals surface area (Å²) in [5.41, 5.74) is 3.84. The Morgan fingerprint density at radius 1 is 0.738 bits per heavy atom. The summed E-state index contributed by atoms with van der Waals surface area (Å²) in [5.74, 6) is -0.364. The predicted octanol–water partition coefficient (Wildman–Crippen LogP) is 5.31. The highest BCUT2D eigenvalue weighted by Crippen LogP contribution is 2.30. The second-order valence-corrected chi connectivity index (χ2v) is 12.2. The van der Waals surface area contributed by atoms with E-state index in [1.165, 1.54) is 17.2 Å². The van der Waals surface area contributed by atoms with Crippen molar-refractivity contribution in [1.82, 2.24) is 14.5 Å². The minimum Gasteiger partial charge on any atom is -0.332 e. The summed E-state index contributed by atoms with van der Waals surface area (Å²) in [7, 11) is -3.67. The zero-order valence-electron chi connectivity index (χ0n) is 23.0. The molecule has 1 saturated heterocycles. The lowest BCUT2D eigenvalue weighted by Crippen LogP contribution is -2.49. The summed E-state index contributed by atoms with van der Waals surface area (Å²) in [6, 6.07) is 36.5. The number of anilines is 1. The Morgan fingerprint density at radius 3 is 1.81 bits per heavy atom. The molecule has 7 nitrogen and oxygen atoms in total. The fourth-order valence-corrected chi connectivity index (χ4v) is 6.64. The lowest BCUT2D eigenvalue weighted by Gasteiger charge is -2.39. The molecule has 0 unspecified atom stereocenters. The van der Waals surface area contributed by atoms with Crippen molar-refractivity contribution >= 4 is 45.0 Å². The average molecular weight is 597 g/mol. The fraction of sp³-hybridized carbons (Fsp3) is 0.152. The first kappa shape index (κ1) is 29.3. The Bertz CT molecular complexity index is 1580. The van der Waals surface area contributed by atoms with Crippen LogP contribution in [0, 0.1) is 0 Å². The topological polar surface area (TPSA) is 81.8 Å². The standard InChI is InChI=1S/C33H32N4O3S2/c38-31(21-16-26-10-4-1-5-11-26)35-33(41)34-29-17-19-30(20-18-29)42(39,40)37-24-22-36(23-25-37)32(27-12-6-2-7-13-27)28-14-8-3-9-15-28/h1-21,32H,22-25H2,(H2,34,35,38,41). The number of thiocarbonyl (C=S) groups is 1. The van der Waals surface area contributed by atoms with Crippen LogP contribution >= 0.6 is 12.2 Å². The molecule has 1 aliphatic rings. The molecule has 0 aliphatic carbocycles. The molecule has 0 bridgehead atoms. The summed E-state index contributed by atoms with van der Waals surface area (Å²) in [4.78, 5) is 14.7. The normalized spacial score (nSPS) is 14.6. The Kier molecular flexibility index (Phi) is 9.55.